The number of carboxylic acid groups (broad SMARTS) is 1. The van der Waals surface area contributed by atoms with Crippen LogP contribution in [0, 0.1) is 11.3 Å². The van der Waals surface area contributed by atoms with Gasteiger partial charge in [0.05, 0.1) is 17.6 Å². The lowest BCUT2D eigenvalue weighted by molar-refractivity contribution is -0.157. The number of likely N-dealkylation sites (tertiary alicyclic amines) is 1. The summed E-state index contributed by atoms with van der Waals surface area (Å²) in [5.41, 5.74) is 0.565. The quantitative estimate of drug-likeness (QED) is 0.822. The molecule has 6 nitrogen and oxygen atoms in total. The largest absolute Gasteiger partial charge is 0.481 e. The molecular formula is C17H17BrN2O4. The highest BCUT2D eigenvalue weighted by Crippen LogP contribution is 2.43. The van der Waals surface area contributed by atoms with E-state index in [1.807, 2.05) is 18.2 Å². The summed E-state index contributed by atoms with van der Waals surface area (Å²) in [4.78, 5) is 29.7. The Labute approximate surface area is 146 Å². The maximum atomic E-state index is 13.0. The van der Waals surface area contributed by atoms with Crippen molar-refractivity contribution in [3.05, 3.63) is 34.4 Å². The highest BCUT2D eigenvalue weighted by atomic mass is 79.9. The maximum absolute atomic E-state index is 13.0. The van der Waals surface area contributed by atoms with Crippen molar-refractivity contribution in [1.82, 2.24) is 9.88 Å². The van der Waals surface area contributed by atoms with Gasteiger partial charge in [0, 0.05) is 47.2 Å². The standard InChI is InChI=1S/C17H17BrN2O4/c18-12-2-1-3-13-14(12)11(6-19-13)15(21)20-7-10-8-24-5-4-17(10,9-20)16(22)23/h1-3,6,10,19H,4-5,7-9H2,(H,22,23)/t10-,17+/m0/s1. The average Bonchev–Trinajstić information content (AvgIpc) is 3.17. The highest BCUT2D eigenvalue weighted by Gasteiger charge is 2.55. The van der Waals surface area contributed by atoms with Crippen LogP contribution >= 0.6 is 15.9 Å². The molecule has 2 saturated heterocycles. The summed E-state index contributed by atoms with van der Waals surface area (Å²) in [5, 5.41) is 10.6. The molecule has 1 aromatic heterocycles. The first kappa shape index (κ1) is 15.7. The molecular weight excluding hydrogens is 376 g/mol. The second-order valence-electron chi connectivity index (χ2n) is 6.53. The third-order valence-corrected chi connectivity index (χ3v) is 5.97. The number of benzene rings is 1. The number of aromatic amines is 1. The number of amides is 1. The number of carbonyl (C=O) groups is 2. The summed E-state index contributed by atoms with van der Waals surface area (Å²) in [6.45, 7) is 1.49. The maximum Gasteiger partial charge on any atom is 0.311 e. The Bertz CT molecular complexity index is 833. The van der Waals surface area contributed by atoms with Gasteiger partial charge in [-0.1, -0.05) is 22.0 Å². The fourth-order valence-corrected chi connectivity index (χ4v) is 4.51. The van der Waals surface area contributed by atoms with E-state index in [1.54, 1.807) is 11.1 Å². The number of aliphatic carboxylic acids is 1. The number of halogens is 1. The molecule has 126 valence electrons. The Hall–Kier alpha value is -1.86. The Morgan fingerprint density at radius 3 is 3.00 bits per heavy atom. The molecule has 4 rings (SSSR count). The second-order valence-corrected chi connectivity index (χ2v) is 7.39. The number of carboxylic acids is 1. The van der Waals surface area contributed by atoms with Gasteiger partial charge in [-0.15, -0.1) is 0 Å². The molecule has 2 atom stereocenters. The van der Waals surface area contributed by atoms with E-state index in [0.717, 1.165) is 15.4 Å². The number of carbonyl (C=O) groups excluding carboxylic acids is 1. The van der Waals surface area contributed by atoms with Crippen LogP contribution in [-0.4, -0.2) is 53.2 Å². The molecule has 3 heterocycles. The minimum absolute atomic E-state index is 0.136. The number of ether oxygens (including phenoxy) is 1. The van der Waals surface area contributed by atoms with Crippen LogP contribution < -0.4 is 0 Å². The summed E-state index contributed by atoms with van der Waals surface area (Å²) >= 11 is 3.49. The minimum Gasteiger partial charge on any atom is -0.481 e. The second kappa shape index (κ2) is 5.60. The van der Waals surface area contributed by atoms with E-state index in [2.05, 4.69) is 20.9 Å². The molecule has 24 heavy (non-hydrogen) atoms. The average molecular weight is 393 g/mol. The first-order valence-electron chi connectivity index (χ1n) is 7.89. The molecule has 2 aliphatic heterocycles. The summed E-state index contributed by atoms with van der Waals surface area (Å²) in [6.07, 6.45) is 2.15. The zero-order chi connectivity index (χ0) is 16.9. The van der Waals surface area contributed by atoms with Crippen molar-refractivity contribution in [1.29, 1.82) is 0 Å². The van der Waals surface area contributed by atoms with E-state index < -0.39 is 11.4 Å². The van der Waals surface area contributed by atoms with Crippen LogP contribution in [-0.2, 0) is 9.53 Å². The van der Waals surface area contributed by atoms with Gasteiger partial charge in [-0.25, -0.2) is 0 Å². The normalized spacial score (nSPS) is 26.5. The van der Waals surface area contributed by atoms with Crippen LogP contribution in [0.5, 0.6) is 0 Å². The monoisotopic (exact) mass is 392 g/mol. The lowest BCUT2D eigenvalue weighted by Gasteiger charge is -2.33. The lowest BCUT2D eigenvalue weighted by Crippen LogP contribution is -2.45. The molecule has 2 N–H and O–H groups in total. The molecule has 2 aromatic rings. The fraction of sp³-hybridized carbons (Fsp3) is 0.412. The van der Waals surface area contributed by atoms with Gasteiger partial charge in [0.1, 0.15) is 0 Å². The summed E-state index contributed by atoms with van der Waals surface area (Å²) in [6, 6.07) is 5.70. The first-order valence-corrected chi connectivity index (χ1v) is 8.68. The van der Waals surface area contributed by atoms with Gasteiger partial charge in [0.25, 0.3) is 5.91 Å². The van der Waals surface area contributed by atoms with Crippen molar-refractivity contribution in [2.24, 2.45) is 11.3 Å². The van der Waals surface area contributed by atoms with Gasteiger partial charge < -0.3 is 19.7 Å². The van der Waals surface area contributed by atoms with Crippen LogP contribution in [0.3, 0.4) is 0 Å². The molecule has 0 aliphatic carbocycles. The molecule has 2 aliphatic rings. The minimum atomic E-state index is -0.878. The third-order valence-electron chi connectivity index (χ3n) is 5.31. The predicted molar refractivity (Wildman–Crippen MR) is 90.9 cm³/mol. The van der Waals surface area contributed by atoms with Crippen molar-refractivity contribution in [3.8, 4) is 0 Å². The van der Waals surface area contributed by atoms with E-state index in [9.17, 15) is 14.7 Å². The number of hydrogen-bond acceptors (Lipinski definition) is 3. The molecule has 0 radical (unpaired) electrons. The van der Waals surface area contributed by atoms with Gasteiger partial charge in [0.2, 0.25) is 0 Å². The fourth-order valence-electron chi connectivity index (χ4n) is 3.93. The van der Waals surface area contributed by atoms with E-state index >= 15 is 0 Å². The number of aromatic nitrogens is 1. The van der Waals surface area contributed by atoms with E-state index in [1.165, 1.54) is 0 Å². The number of rotatable bonds is 2. The molecule has 1 aromatic carbocycles. The molecule has 7 heteroatoms. The van der Waals surface area contributed by atoms with Crippen molar-refractivity contribution in [3.63, 3.8) is 0 Å². The van der Waals surface area contributed by atoms with Crippen LogP contribution in [0.15, 0.2) is 28.9 Å². The summed E-state index contributed by atoms with van der Waals surface area (Å²) in [7, 11) is 0. The molecule has 0 bridgehead atoms. The Morgan fingerprint density at radius 1 is 1.42 bits per heavy atom. The Kier molecular flexibility index (Phi) is 3.65. The Balaban J connectivity index is 1.69. The molecule has 0 unspecified atom stereocenters. The first-order chi connectivity index (χ1) is 11.5. The van der Waals surface area contributed by atoms with Gasteiger partial charge >= 0.3 is 5.97 Å². The van der Waals surface area contributed by atoms with Crippen LogP contribution in [0.2, 0.25) is 0 Å². The van der Waals surface area contributed by atoms with Crippen LogP contribution in [0.25, 0.3) is 10.9 Å². The van der Waals surface area contributed by atoms with Crippen molar-refractivity contribution in [2.45, 2.75) is 6.42 Å². The van der Waals surface area contributed by atoms with Crippen LogP contribution in [0.4, 0.5) is 0 Å². The van der Waals surface area contributed by atoms with Crippen molar-refractivity contribution < 1.29 is 19.4 Å². The van der Waals surface area contributed by atoms with Gasteiger partial charge in [-0.2, -0.15) is 0 Å². The van der Waals surface area contributed by atoms with Crippen molar-refractivity contribution >= 4 is 38.7 Å². The molecule has 1 amide bonds. The highest BCUT2D eigenvalue weighted by molar-refractivity contribution is 9.10. The van der Waals surface area contributed by atoms with Gasteiger partial charge in [0.15, 0.2) is 0 Å². The zero-order valence-corrected chi connectivity index (χ0v) is 14.5. The lowest BCUT2D eigenvalue weighted by atomic mass is 9.74. The van der Waals surface area contributed by atoms with Crippen molar-refractivity contribution in [2.75, 3.05) is 26.3 Å². The Morgan fingerprint density at radius 2 is 2.25 bits per heavy atom. The molecule has 2 fully saturated rings. The topological polar surface area (TPSA) is 82.6 Å². The smallest absolute Gasteiger partial charge is 0.311 e. The zero-order valence-electron chi connectivity index (χ0n) is 12.9. The SMILES string of the molecule is O=C(c1c[nH]c2cccc(Br)c12)N1C[C@H]2COCC[C@@]2(C(=O)O)C1. The molecule has 0 spiro atoms. The predicted octanol–water partition coefficient (Wildman–Crippen LogP) is 2.49. The number of nitrogens with one attached hydrogen (secondary N) is 1. The molecule has 0 saturated carbocycles. The number of hydrogen-bond donors (Lipinski definition) is 2. The van der Waals surface area contributed by atoms with Gasteiger partial charge in [-0.3, -0.25) is 9.59 Å². The van der Waals surface area contributed by atoms with E-state index in [0.29, 0.717) is 31.7 Å². The van der Waals surface area contributed by atoms with E-state index in [4.69, 9.17) is 4.74 Å². The van der Waals surface area contributed by atoms with Crippen LogP contribution in [0.1, 0.15) is 16.8 Å². The number of nitrogens with zero attached hydrogens (tertiary/aromatic N) is 1. The summed E-state index contributed by atoms with van der Waals surface area (Å²) in [5.74, 6) is -1.12. The van der Waals surface area contributed by atoms with E-state index in [-0.39, 0.29) is 18.4 Å². The summed E-state index contributed by atoms with van der Waals surface area (Å²) < 4.78 is 6.30. The third kappa shape index (κ3) is 2.18. The number of fused-ring (bicyclic) bond motifs is 2. The number of H-pyrrole nitrogens is 1. The van der Waals surface area contributed by atoms with Gasteiger partial charge in [-0.05, 0) is 18.6 Å².